The quantitative estimate of drug-likeness (QED) is 0.914. The summed E-state index contributed by atoms with van der Waals surface area (Å²) in [7, 11) is 0. The van der Waals surface area contributed by atoms with E-state index in [1.54, 1.807) is 13.8 Å². The van der Waals surface area contributed by atoms with Crippen LogP contribution in [0.3, 0.4) is 0 Å². The number of hydrogen-bond donors (Lipinski definition) is 1. The second-order valence-electron chi connectivity index (χ2n) is 4.58. The first-order chi connectivity index (χ1) is 9.40. The highest BCUT2D eigenvalue weighted by Gasteiger charge is 2.16. The molecular formula is C15H14F3NO. The van der Waals surface area contributed by atoms with Crippen LogP contribution in [-0.2, 0) is 0 Å². The van der Waals surface area contributed by atoms with Gasteiger partial charge >= 0.3 is 0 Å². The second-order valence-corrected chi connectivity index (χ2v) is 4.58. The van der Waals surface area contributed by atoms with Gasteiger partial charge in [0.15, 0.2) is 11.6 Å². The van der Waals surface area contributed by atoms with Crippen LogP contribution in [0, 0.1) is 24.4 Å². The van der Waals surface area contributed by atoms with Crippen molar-refractivity contribution in [1.82, 2.24) is 0 Å². The van der Waals surface area contributed by atoms with Crippen molar-refractivity contribution in [1.29, 1.82) is 0 Å². The van der Waals surface area contributed by atoms with Crippen molar-refractivity contribution in [3.63, 3.8) is 0 Å². The monoisotopic (exact) mass is 281 g/mol. The largest absolute Gasteiger partial charge is 0.454 e. The number of aryl methyl sites for hydroxylation is 1. The van der Waals surface area contributed by atoms with Gasteiger partial charge in [-0.15, -0.1) is 0 Å². The van der Waals surface area contributed by atoms with E-state index < -0.39 is 23.5 Å². The number of nitrogens with two attached hydrogens (primary N) is 1. The molecule has 0 aromatic heterocycles. The molecular weight excluding hydrogens is 267 g/mol. The summed E-state index contributed by atoms with van der Waals surface area (Å²) in [4.78, 5) is 0. The van der Waals surface area contributed by atoms with Crippen molar-refractivity contribution in [2.24, 2.45) is 5.73 Å². The minimum absolute atomic E-state index is 0.211. The van der Waals surface area contributed by atoms with E-state index in [0.29, 0.717) is 11.1 Å². The summed E-state index contributed by atoms with van der Waals surface area (Å²) in [5.74, 6) is -2.58. The summed E-state index contributed by atoms with van der Waals surface area (Å²) in [6.45, 7) is 3.20. The van der Waals surface area contributed by atoms with Gasteiger partial charge in [0, 0.05) is 11.6 Å². The lowest BCUT2D eigenvalue weighted by Crippen LogP contribution is -2.08. The molecule has 0 aliphatic rings. The summed E-state index contributed by atoms with van der Waals surface area (Å²) < 4.78 is 45.7. The molecule has 0 radical (unpaired) electrons. The van der Waals surface area contributed by atoms with Crippen molar-refractivity contribution in [2.45, 2.75) is 19.9 Å². The van der Waals surface area contributed by atoms with Crippen LogP contribution in [0.25, 0.3) is 0 Å². The third-order valence-electron chi connectivity index (χ3n) is 2.92. The van der Waals surface area contributed by atoms with Crippen LogP contribution in [0.1, 0.15) is 24.1 Å². The van der Waals surface area contributed by atoms with Gasteiger partial charge < -0.3 is 10.5 Å². The Morgan fingerprint density at radius 2 is 1.75 bits per heavy atom. The van der Waals surface area contributed by atoms with Crippen molar-refractivity contribution < 1.29 is 17.9 Å². The zero-order valence-electron chi connectivity index (χ0n) is 11.1. The average Bonchev–Trinajstić information content (AvgIpc) is 2.38. The van der Waals surface area contributed by atoms with Crippen LogP contribution in [-0.4, -0.2) is 0 Å². The van der Waals surface area contributed by atoms with Crippen molar-refractivity contribution in [3.05, 3.63) is 58.9 Å². The van der Waals surface area contributed by atoms with Gasteiger partial charge in [-0.1, -0.05) is 6.07 Å². The van der Waals surface area contributed by atoms with Gasteiger partial charge in [-0.2, -0.15) is 4.39 Å². The predicted octanol–water partition coefficient (Wildman–Crippen LogP) is 4.22. The molecule has 0 spiro atoms. The molecule has 5 heteroatoms. The minimum atomic E-state index is -1.09. The fourth-order valence-corrected chi connectivity index (χ4v) is 1.80. The number of hydrogen-bond acceptors (Lipinski definition) is 2. The summed E-state index contributed by atoms with van der Waals surface area (Å²) in [6, 6.07) is 5.77. The molecule has 0 saturated heterocycles. The lowest BCUT2D eigenvalue weighted by atomic mass is 10.1. The summed E-state index contributed by atoms with van der Waals surface area (Å²) in [6.07, 6.45) is 0. The number of benzene rings is 2. The van der Waals surface area contributed by atoms with E-state index in [9.17, 15) is 13.2 Å². The molecule has 0 bridgehead atoms. The average molecular weight is 281 g/mol. The Labute approximate surface area is 115 Å². The highest BCUT2D eigenvalue weighted by molar-refractivity contribution is 5.43. The fourth-order valence-electron chi connectivity index (χ4n) is 1.80. The molecule has 0 aliphatic heterocycles. The normalized spacial score (nSPS) is 12.3. The van der Waals surface area contributed by atoms with E-state index in [1.165, 1.54) is 24.3 Å². The van der Waals surface area contributed by atoms with Crippen LogP contribution in [0.2, 0.25) is 0 Å². The Morgan fingerprint density at radius 3 is 2.40 bits per heavy atom. The molecule has 1 atom stereocenters. The van der Waals surface area contributed by atoms with Gasteiger partial charge in [-0.25, -0.2) is 8.78 Å². The Bertz CT molecular complexity index is 641. The standard InChI is InChI=1S/C15H14F3NO/c1-8-6-14(10(9(2)19)7-12(8)17)20-13-5-3-4-11(16)15(13)18/h3-7,9H,19H2,1-2H3/t9-/m0/s1. The first-order valence-electron chi connectivity index (χ1n) is 6.07. The summed E-state index contributed by atoms with van der Waals surface area (Å²) in [5, 5.41) is 0. The summed E-state index contributed by atoms with van der Waals surface area (Å²) >= 11 is 0. The molecule has 0 fully saturated rings. The molecule has 2 aromatic rings. The van der Waals surface area contributed by atoms with E-state index >= 15 is 0 Å². The van der Waals surface area contributed by atoms with Crippen molar-refractivity contribution in [2.75, 3.05) is 0 Å². The molecule has 106 valence electrons. The van der Waals surface area contributed by atoms with Crippen LogP contribution < -0.4 is 10.5 Å². The maximum Gasteiger partial charge on any atom is 0.201 e. The predicted molar refractivity (Wildman–Crippen MR) is 70.2 cm³/mol. The second kappa shape index (κ2) is 5.54. The number of halogens is 3. The molecule has 20 heavy (non-hydrogen) atoms. The van der Waals surface area contributed by atoms with Crippen LogP contribution in [0.4, 0.5) is 13.2 Å². The molecule has 2 aromatic carbocycles. The van der Waals surface area contributed by atoms with E-state index in [0.717, 1.165) is 6.07 Å². The van der Waals surface area contributed by atoms with Gasteiger partial charge in [0.25, 0.3) is 0 Å². The van der Waals surface area contributed by atoms with Gasteiger partial charge in [0.05, 0.1) is 0 Å². The van der Waals surface area contributed by atoms with Gasteiger partial charge in [-0.3, -0.25) is 0 Å². The molecule has 0 amide bonds. The third-order valence-corrected chi connectivity index (χ3v) is 2.92. The zero-order valence-corrected chi connectivity index (χ0v) is 11.1. The highest BCUT2D eigenvalue weighted by atomic mass is 19.2. The first-order valence-corrected chi connectivity index (χ1v) is 6.07. The topological polar surface area (TPSA) is 35.2 Å². The highest BCUT2D eigenvalue weighted by Crippen LogP contribution is 2.32. The minimum Gasteiger partial charge on any atom is -0.454 e. The Hall–Kier alpha value is -2.01. The van der Waals surface area contributed by atoms with Crippen LogP contribution in [0.5, 0.6) is 11.5 Å². The molecule has 2 nitrogen and oxygen atoms in total. The molecule has 0 heterocycles. The van der Waals surface area contributed by atoms with Crippen molar-refractivity contribution in [3.8, 4) is 11.5 Å². The lowest BCUT2D eigenvalue weighted by Gasteiger charge is -2.15. The van der Waals surface area contributed by atoms with Gasteiger partial charge in [0.2, 0.25) is 5.82 Å². The van der Waals surface area contributed by atoms with E-state index in [2.05, 4.69) is 0 Å². The zero-order chi connectivity index (χ0) is 14.9. The van der Waals surface area contributed by atoms with E-state index in [4.69, 9.17) is 10.5 Å². The molecule has 2 N–H and O–H groups in total. The molecule has 0 aliphatic carbocycles. The molecule has 2 rings (SSSR count). The van der Waals surface area contributed by atoms with Crippen molar-refractivity contribution >= 4 is 0 Å². The van der Waals surface area contributed by atoms with Gasteiger partial charge in [0.1, 0.15) is 11.6 Å². The Balaban J connectivity index is 2.47. The van der Waals surface area contributed by atoms with E-state index in [1.807, 2.05) is 0 Å². The maximum absolute atomic E-state index is 13.6. The third kappa shape index (κ3) is 2.77. The molecule has 0 saturated carbocycles. The SMILES string of the molecule is Cc1cc(Oc2cccc(F)c2F)c([C@H](C)N)cc1F. The molecule has 0 unspecified atom stereocenters. The Kier molecular flexibility index (Phi) is 3.99. The smallest absolute Gasteiger partial charge is 0.201 e. The lowest BCUT2D eigenvalue weighted by molar-refractivity contribution is 0.410. The van der Waals surface area contributed by atoms with E-state index in [-0.39, 0.29) is 11.5 Å². The fraction of sp³-hybridized carbons (Fsp3) is 0.200. The van der Waals surface area contributed by atoms with Gasteiger partial charge in [-0.05, 0) is 43.7 Å². The summed E-state index contributed by atoms with van der Waals surface area (Å²) in [5.41, 5.74) is 6.46. The van der Waals surface area contributed by atoms with Crippen LogP contribution in [0.15, 0.2) is 30.3 Å². The van der Waals surface area contributed by atoms with Crippen LogP contribution >= 0.6 is 0 Å². The number of rotatable bonds is 3. The maximum atomic E-state index is 13.6. The first kappa shape index (κ1) is 14.4. The Morgan fingerprint density at radius 1 is 1.05 bits per heavy atom. The number of ether oxygens (including phenoxy) is 1.